The summed E-state index contributed by atoms with van der Waals surface area (Å²) in [6.07, 6.45) is 15.3. The largest absolute Gasteiger partial charge is 0.355 e. The summed E-state index contributed by atoms with van der Waals surface area (Å²) in [5.41, 5.74) is 16.2. The smallest absolute Gasteiger partial charge is 0.123 e. The van der Waals surface area contributed by atoms with E-state index in [1.165, 1.54) is 34.4 Å². The molecule has 5 heteroatoms. The summed E-state index contributed by atoms with van der Waals surface area (Å²) < 4.78 is 13.6. The van der Waals surface area contributed by atoms with Crippen LogP contribution in [-0.4, -0.2) is 0 Å². The number of hydrogen-bond donors (Lipinski definition) is 2. The number of anilines is 3. The molecule has 2 aliphatic rings. The molecule has 8 aromatic rings. The van der Waals surface area contributed by atoms with Crippen molar-refractivity contribution in [1.82, 2.24) is 0 Å². The standard InChI is InChI=1S/C54H43FN4.C7H8/c1-37-15-12-27-50(56-43-20-6-3-7-21-43)52(37)48-25-11-10-24-47(48)49-26-14-28-51(53(49)40-18-4-2-5-19-40)57-45-22-13-16-38(36-45)35-41-30-29-39-17-8-9-23-46(39)54(41)59-58-44-33-31-42(55)32-34-44;1-7-5-3-2-4-6-7/h2-14,16-34,36-37,56-57H,15,35H2,1H3;2-5H,1,6H2. The molecule has 0 heterocycles. The number of benzene rings is 8. The van der Waals surface area contributed by atoms with Gasteiger partial charge in [0, 0.05) is 33.7 Å². The molecule has 8 aromatic carbocycles. The molecule has 0 bridgehead atoms. The zero-order chi connectivity index (χ0) is 45.1. The van der Waals surface area contributed by atoms with Crippen molar-refractivity contribution in [1.29, 1.82) is 0 Å². The molecule has 0 saturated heterocycles. The van der Waals surface area contributed by atoms with E-state index in [0.717, 1.165) is 79.9 Å². The van der Waals surface area contributed by atoms with Crippen molar-refractivity contribution in [3.63, 3.8) is 0 Å². The van der Waals surface area contributed by atoms with Crippen LogP contribution in [0.2, 0.25) is 0 Å². The zero-order valence-electron chi connectivity index (χ0n) is 37.0. The van der Waals surface area contributed by atoms with Crippen molar-refractivity contribution in [2.75, 3.05) is 10.6 Å². The summed E-state index contributed by atoms with van der Waals surface area (Å²) in [6, 6.07) is 63.6. The van der Waals surface area contributed by atoms with Gasteiger partial charge in [0.1, 0.15) is 5.82 Å². The molecule has 10 rings (SSSR count). The van der Waals surface area contributed by atoms with Crippen LogP contribution in [0.15, 0.2) is 253 Å². The van der Waals surface area contributed by atoms with E-state index in [1.54, 1.807) is 12.1 Å². The van der Waals surface area contributed by atoms with Crippen LogP contribution >= 0.6 is 0 Å². The lowest BCUT2D eigenvalue weighted by Crippen LogP contribution is -2.11. The summed E-state index contributed by atoms with van der Waals surface area (Å²) in [5.74, 6) is 0.0230. The first-order valence-corrected chi connectivity index (χ1v) is 22.5. The van der Waals surface area contributed by atoms with Gasteiger partial charge in [-0.25, -0.2) is 4.39 Å². The molecule has 0 spiro atoms. The zero-order valence-corrected chi connectivity index (χ0v) is 37.0. The van der Waals surface area contributed by atoms with Gasteiger partial charge < -0.3 is 10.6 Å². The number of nitrogens with zero attached hydrogens (tertiary/aromatic N) is 2. The van der Waals surface area contributed by atoms with Gasteiger partial charge in [0.25, 0.3) is 0 Å². The van der Waals surface area contributed by atoms with Crippen molar-refractivity contribution in [3.05, 3.63) is 265 Å². The third-order valence-corrected chi connectivity index (χ3v) is 11.9. The number of para-hydroxylation sites is 1. The minimum absolute atomic E-state index is 0.300. The summed E-state index contributed by atoms with van der Waals surface area (Å²) in [5, 5.41) is 19.0. The predicted molar refractivity (Wildman–Crippen MR) is 276 cm³/mol. The van der Waals surface area contributed by atoms with E-state index in [4.69, 9.17) is 5.11 Å². The van der Waals surface area contributed by atoms with Gasteiger partial charge in [0.2, 0.25) is 0 Å². The third kappa shape index (κ3) is 10.3. The Labute approximate surface area is 387 Å². The van der Waals surface area contributed by atoms with E-state index in [9.17, 15) is 4.39 Å². The highest BCUT2D eigenvalue weighted by molar-refractivity contribution is 5.98. The van der Waals surface area contributed by atoms with E-state index >= 15 is 0 Å². The number of allylic oxidation sites excluding steroid dienone is 8. The molecule has 322 valence electrons. The second-order valence-electron chi connectivity index (χ2n) is 16.6. The summed E-state index contributed by atoms with van der Waals surface area (Å²) in [6.45, 7) is 6.10. The Balaban J connectivity index is 0.000000717. The predicted octanol–water partition coefficient (Wildman–Crippen LogP) is 17.5. The van der Waals surface area contributed by atoms with Crippen LogP contribution in [0.1, 0.15) is 36.5 Å². The number of fused-ring (bicyclic) bond motifs is 1. The van der Waals surface area contributed by atoms with Crippen LogP contribution in [-0.2, 0) is 6.42 Å². The lowest BCUT2D eigenvalue weighted by Gasteiger charge is -2.26. The molecule has 0 saturated carbocycles. The average Bonchev–Trinajstić information content (AvgIpc) is 3.35. The highest BCUT2D eigenvalue weighted by atomic mass is 19.1. The topological polar surface area (TPSA) is 48.8 Å². The van der Waals surface area contributed by atoms with E-state index < -0.39 is 0 Å². The SMILES string of the molecule is C=C1C=CC=CC1.CC1CC=CC(Nc2ccccc2)=C1c1ccccc1-c1cccc(Nc2cccc(Cc3ccc4ccccc4c3N=Nc3ccc(F)cc3)c2)c1-c1ccccc1. The average molecular weight is 859 g/mol. The fourth-order valence-electron chi connectivity index (χ4n) is 8.68. The highest BCUT2D eigenvalue weighted by Crippen LogP contribution is 2.45. The Morgan fingerprint density at radius 1 is 0.606 bits per heavy atom. The van der Waals surface area contributed by atoms with Gasteiger partial charge in [-0.15, -0.1) is 5.11 Å². The van der Waals surface area contributed by atoms with Gasteiger partial charge in [-0.1, -0.05) is 183 Å². The Morgan fingerprint density at radius 2 is 1.32 bits per heavy atom. The van der Waals surface area contributed by atoms with E-state index in [-0.39, 0.29) is 5.82 Å². The molecule has 0 fully saturated rings. The Kier molecular flexibility index (Phi) is 13.4. The lowest BCUT2D eigenvalue weighted by molar-refractivity contribution is 0.628. The molecule has 0 amide bonds. The van der Waals surface area contributed by atoms with Crippen molar-refractivity contribution < 1.29 is 4.39 Å². The number of nitrogens with one attached hydrogen (secondary N) is 2. The number of rotatable bonds is 11. The van der Waals surface area contributed by atoms with Gasteiger partial charge in [0.05, 0.1) is 11.4 Å². The quantitative estimate of drug-likeness (QED) is 0.127. The lowest BCUT2D eigenvalue weighted by atomic mass is 9.81. The Bertz CT molecular complexity index is 3140. The minimum Gasteiger partial charge on any atom is -0.355 e. The monoisotopic (exact) mass is 858 g/mol. The fraction of sp³-hybridized carbons (Fsp3) is 0.0820. The maximum atomic E-state index is 13.6. The van der Waals surface area contributed by atoms with Gasteiger partial charge in [0.15, 0.2) is 0 Å². The molecule has 4 nitrogen and oxygen atoms in total. The molecule has 0 aliphatic heterocycles. The summed E-state index contributed by atoms with van der Waals surface area (Å²) >= 11 is 0. The maximum Gasteiger partial charge on any atom is 0.123 e. The van der Waals surface area contributed by atoms with Crippen molar-refractivity contribution in [2.45, 2.75) is 26.2 Å². The Morgan fingerprint density at radius 3 is 2.09 bits per heavy atom. The van der Waals surface area contributed by atoms with Gasteiger partial charge in [-0.3, -0.25) is 0 Å². The van der Waals surface area contributed by atoms with Crippen molar-refractivity contribution in [2.24, 2.45) is 16.1 Å². The van der Waals surface area contributed by atoms with Crippen LogP contribution in [0.3, 0.4) is 0 Å². The second kappa shape index (κ2) is 20.6. The molecule has 0 aromatic heterocycles. The molecular weight excluding hydrogens is 808 g/mol. The summed E-state index contributed by atoms with van der Waals surface area (Å²) in [4.78, 5) is 0. The van der Waals surface area contributed by atoms with E-state index in [1.807, 2.05) is 36.4 Å². The molecule has 2 aliphatic carbocycles. The molecule has 0 radical (unpaired) electrons. The summed E-state index contributed by atoms with van der Waals surface area (Å²) in [7, 11) is 0. The van der Waals surface area contributed by atoms with Crippen LogP contribution < -0.4 is 10.6 Å². The first-order chi connectivity index (χ1) is 32.5. The fourth-order valence-corrected chi connectivity index (χ4v) is 8.68. The van der Waals surface area contributed by atoms with Crippen LogP contribution in [0.4, 0.5) is 32.8 Å². The molecule has 66 heavy (non-hydrogen) atoms. The molecule has 1 atom stereocenters. The third-order valence-electron chi connectivity index (χ3n) is 11.9. The maximum absolute atomic E-state index is 13.6. The molecular formula is C61H51FN4. The van der Waals surface area contributed by atoms with E-state index in [2.05, 4.69) is 193 Å². The molecule has 1 unspecified atom stereocenters. The Hall–Kier alpha value is -8.15. The van der Waals surface area contributed by atoms with Crippen LogP contribution in [0, 0.1) is 11.7 Å². The number of azo groups is 1. The number of halogens is 1. The minimum atomic E-state index is -0.300. The van der Waals surface area contributed by atoms with Crippen molar-refractivity contribution >= 4 is 44.8 Å². The van der Waals surface area contributed by atoms with Crippen molar-refractivity contribution in [3.8, 4) is 22.3 Å². The van der Waals surface area contributed by atoms with Gasteiger partial charge in [-0.05, 0) is 130 Å². The van der Waals surface area contributed by atoms with Crippen LogP contribution in [0.25, 0.3) is 38.6 Å². The molecule has 2 N–H and O–H groups in total. The van der Waals surface area contributed by atoms with Gasteiger partial charge >= 0.3 is 0 Å². The first kappa shape index (κ1) is 43.1. The van der Waals surface area contributed by atoms with Gasteiger partial charge in [-0.2, -0.15) is 5.11 Å². The highest BCUT2D eigenvalue weighted by Gasteiger charge is 2.23. The normalized spacial score (nSPS) is 14.3. The van der Waals surface area contributed by atoms with Crippen LogP contribution in [0.5, 0.6) is 0 Å². The van der Waals surface area contributed by atoms with E-state index in [0.29, 0.717) is 18.0 Å². The second-order valence-corrected chi connectivity index (χ2v) is 16.6. The number of hydrogen-bond acceptors (Lipinski definition) is 4. The first-order valence-electron chi connectivity index (χ1n) is 22.5.